The number of benzene rings is 2. The molecular formula is C24H27ClN6O2S. The highest BCUT2D eigenvalue weighted by molar-refractivity contribution is 7.99. The number of nitrogen functional groups attached to an aromatic ring is 1. The van der Waals surface area contributed by atoms with Crippen LogP contribution >= 0.6 is 23.4 Å². The third-order valence-electron chi connectivity index (χ3n) is 6.14. The third kappa shape index (κ3) is 5.12. The number of carbonyl (C=O) groups excluding carboxylic acids is 1. The van der Waals surface area contributed by atoms with E-state index in [-0.39, 0.29) is 17.9 Å². The molecule has 178 valence electrons. The van der Waals surface area contributed by atoms with Crippen LogP contribution in [0.4, 0.5) is 5.95 Å². The van der Waals surface area contributed by atoms with Crippen LogP contribution in [0.3, 0.4) is 0 Å². The number of rotatable bonds is 7. The van der Waals surface area contributed by atoms with Gasteiger partial charge >= 0.3 is 0 Å². The molecular weight excluding hydrogens is 472 g/mol. The van der Waals surface area contributed by atoms with Gasteiger partial charge in [0.2, 0.25) is 11.9 Å². The van der Waals surface area contributed by atoms with Gasteiger partial charge in [-0.1, -0.05) is 41.6 Å². The number of carbonyl (C=O) groups is 1. The Morgan fingerprint density at radius 2 is 2.03 bits per heavy atom. The Labute approximate surface area is 207 Å². The maximum atomic E-state index is 12.2. The van der Waals surface area contributed by atoms with Crippen molar-refractivity contribution in [2.24, 2.45) is 0 Å². The Kier molecular flexibility index (Phi) is 7.15. The second kappa shape index (κ2) is 10.4. The second-order valence-corrected chi connectivity index (χ2v) is 10.0. The average Bonchev–Trinajstić information content (AvgIpc) is 2.82. The summed E-state index contributed by atoms with van der Waals surface area (Å²) in [6.07, 6.45) is 3.18. The number of ether oxygens (including phenoxy) is 1. The molecule has 1 amide bonds. The van der Waals surface area contributed by atoms with E-state index in [0.717, 1.165) is 59.8 Å². The SMILES string of the molecule is Nc1nc(SCCCC(=O)NC2CCNCC2)nc(-c2c(Cl)cc3c4c(cccc24)COC3)n1. The number of thioether (sulfide) groups is 1. The summed E-state index contributed by atoms with van der Waals surface area (Å²) in [5.74, 6) is 1.41. The Bertz CT molecular complexity index is 1220. The van der Waals surface area contributed by atoms with Crippen LogP contribution in [0, 0.1) is 0 Å². The lowest BCUT2D eigenvalue weighted by atomic mass is 9.94. The number of nitrogens with zero attached hydrogens (tertiary/aromatic N) is 3. The third-order valence-corrected chi connectivity index (χ3v) is 7.37. The Hall–Kier alpha value is -2.46. The molecule has 4 N–H and O–H groups in total. The first-order valence-electron chi connectivity index (χ1n) is 11.5. The van der Waals surface area contributed by atoms with Gasteiger partial charge < -0.3 is 21.1 Å². The van der Waals surface area contributed by atoms with Crippen molar-refractivity contribution in [3.05, 3.63) is 40.4 Å². The van der Waals surface area contributed by atoms with E-state index in [0.29, 0.717) is 41.4 Å². The van der Waals surface area contributed by atoms with Gasteiger partial charge in [0.15, 0.2) is 11.0 Å². The molecule has 2 aliphatic rings. The molecule has 2 aromatic carbocycles. The predicted octanol–water partition coefficient (Wildman–Crippen LogP) is 3.70. The number of anilines is 1. The highest BCUT2D eigenvalue weighted by atomic mass is 35.5. The molecule has 2 aliphatic heterocycles. The normalized spacial score (nSPS) is 16.0. The maximum Gasteiger partial charge on any atom is 0.224 e. The number of aromatic nitrogens is 3. The van der Waals surface area contributed by atoms with Crippen LogP contribution in [0.25, 0.3) is 22.2 Å². The zero-order valence-electron chi connectivity index (χ0n) is 18.8. The first kappa shape index (κ1) is 23.3. The van der Waals surface area contributed by atoms with Gasteiger partial charge in [0.05, 0.1) is 18.2 Å². The quantitative estimate of drug-likeness (QED) is 0.333. The molecule has 1 fully saturated rings. The minimum atomic E-state index is 0.0999. The van der Waals surface area contributed by atoms with E-state index in [1.165, 1.54) is 11.8 Å². The van der Waals surface area contributed by atoms with Crippen LogP contribution in [-0.2, 0) is 22.7 Å². The Morgan fingerprint density at radius 3 is 2.88 bits per heavy atom. The highest BCUT2D eigenvalue weighted by Gasteiger charge is 2.21. The van der Waals surface area contributed by atoms with Gasteiger partial charge in [-0.2, -0.15) is 9.97 Å². The van der Waals surface area contributed by atoms with E-state index in [1.54, 1.807) is 0 Å². The molecule has 0 bridgehead atoms. The van der Waals surface area contributed by atoms with Crippen LogP contribution < -0.4 is 16.4 Å². The van der Waals surface area contributed by atoms with Gasteiger partial charge in [-0.3, -0.25) is 4.79 Å². The lowest BCUT2D eigenvalue weighted by Gasteiger charge is -2.23. The molecule has 34 heavy (non-hydrogen) atoms. The number of nitrogens with two attached hydrogens (primary N) is 1. The molecule has 0 saturated carbocycles. The fourth-order valence-corrected chi connectivity index (χ4v) is 5.66. The number of hydrogen-bond acceptors (Lipinski definition) is 8. The molecule has 0 unspecified atom stereocenters. The fourth-order valence-electron chi connectivity index (χ4n) is 4.56. The average molecular weight is 499 g/mol. The van der Waals surface area contributed by atoms with Gasteiger partial charge in [-0.15, -0.1) is 0 Å². The van der Waals surface area contributed by atoms with Gasteiger partial charge in [0, 0.05) is 23.8 Å². The monoisotopic (exact) mass is 498 g/mol. The molecule has 5 rings (SSSR count). The van der Waals surface area contributed by atoms with Crippen LogP contribution in [0.2, 0.25) is 5.02 Å². The fraction of sp³-hybridized carbons (Fsp3) is 0.417. The minimum absolute atomic E-state index is 0.0999. The summed E-state index contributed by atoms with van der Waals surface area (Å²) in [5, 5.41) is 9.64. The lowest BCUT2D eigenvalue weighted by molar-refractivity contribution is -0.121. The topological polar surface area (TPSA) is 115 Å². The summed E-state index contributed by atoms with van der Waals surface area (Å²) < 4.78 is 5.68. The zero-order valence-corrected chi connectivity index (χ0v) is 20.3. The van der Waals surface area contributed by atoms with Crippen molar-refractivity contribution in [2.75, 3.05) is 24.6 Å². The summed E-state index contributed by atoms with van der Waals surface area (Å²) in [4.78, 5) is 25.6. The highest BCUT2D eigenvalue weighted by Crippen LogP contribution is 2.39. The van der Waals surface area contributed by atoms with E-state index >= 15 is 0 Å². The molecule has 3 aromatic rings. The van der Waals surface area contributed by atoms with Crippen molar-refractivity contribution in [3.8, 4) is 11.4 Å². The summed E-state index contributed by atoms with van der Waals surface area (Å²) >= 11 is 8.16. The van der Waals surface area contributed by atoms with Crippen molar-refractivity contribution in [3.63, 3.8) is 0 Å². The molecule has 8 nitrogen and oxygen atoms in total. The molecule has 10 heteroatoms. The maximum absolute atomic E-state index is 12.2. The number of amides is 1. The van der Waals surface area contributed by atoms with E-state index in [4.69, 9.17) is 22.1 Å². The summed E-state index contributed by atoms with van der Waals surface area (Å²) in [6, 6.07) is 8.29. The van der Waals surface area contributed by atoms with Gasteiger partial charge in [-0.25, -0.2) is 4.98 Å². The molecule has 0 atom stereocenters. The molecule has 0 radical (unpaired) electrons. The van der Waals surface area contributed by atoms with Crippen molar-refractivity contribution in [2.45, 2.75) is 50.1 Å². The Morgan fingerprint density at radius 1 is 1.21 bits per heavy atom. The largest absolute Gasteiger partial charge is 0.372 e. The molecule has 0 spiro atoms. The van der Waals surface area contributed by atoms with Gasteiger partial charge in [0.25, 0.3) is 0 Å². The van der Waals surface area contributed by atoms with Crippen molar-refractivity contribution in [1.82, 2.24) is 25.6 Å². The lowest BCUT2D eigenvalue weighted by Crippen LogP contribution is -2.42. The molecule has 0 aliphatic carbocycles. The number of hydrogen-bond donors (Lipinski definition) is 3. The van der Waals surface area contributed by atoms with E-state index in [2.05, 4.69) is 31.7 Å². The molecule has 1 saturated heterocycles. The van der Waals surface area contributed by atoms with E-state index in [9.17, 15) is 4.79 Å². The zero-order chi connectivity index (χ0) is 23.5. The van der Waals surface area contributed by atoms with Gasteiger partial charge in [-0.05, 0) is 60.3 Å². The first-order chi connectivity index (χ1) is 16.6. The van der Waals surface area contributed by atoms with E-state index < -0.39 is 0 Å². The van der Waals surface area contributed by atoms with Crippen molar-refractivity contribution >= 4 is 46.0 Å². The van der Waals surface area contributed by atoms with Gasteiger partial charge in [0.1, 0.15) is 0 Å². The number of nitrogens with one attached hydrogen (secondary N) is 2. The Balaban J connectivity index is 1.29. The standard InChI is InChI=1S/C24H27ClN6O2S/c25-18-11-15-13-33-12-14-3-1-4-17(20(14)15)21(18)22-29-23(26)31-24(30-22)34-10-2-5-19(32)28-16-6-8-27-9-7-16/h1,3-4,11,16,27H,2,5-10,12-13H2,(H,28,32)(H2,26,29,30,31). The first-order valence-corrected chi connectivity index (χ1v) is 12.9. The number of halogens is 1. The van der Waals surface area contributed by atoms with Crippen LogP contribution in [0.15, 0.2) is 29.4 Å². The van der Waals surface area contributed by atoms with Crippen LogP contribution in [0.1, 0.15) is 36.8 Å². The van der Waals surface area contributed by atoms with Crippen molar-refractivity contribution in [1.29, 1.82) is 0 Å². The second-order valence-electron chi connectivity index (χ2n) is 8.57. The number of piperidine rings is 1. The smallest absolute Gasteiger partial charge is 0.224 e. The predicted molar refractivity (Wildman–Crippen MR) is 135 cm³/mol. The minimum Gasteiger partial charge on any atom is -0.372 e. The van der Waals surface area contributed by atoms with Crippen LogP contribution in [0.5, 0.6) is 0 Å². The molecule has 1 aromatic heterocycles. The summed E-state index contributed by atoms with van der Waals surface area (Å²) in [5.41, 5.74) is 8.97. The molecule has 3 heterocycles. The van der Waals surface area contributed by atoms with E-state index in [1.807, 2.05) is 18.2 Å². The summed E-state index contributed by atoms with van der Waals surface area (Å²) in [7, 11) is 0. The van der Waals surface area contributed by atoms with Crippen molar-refractivity contribution < 1.29 is 9.53 Å². The van der Waals surface area contributed by atoms with Crippen LogP contribution in [-0.4, -0.2) is 45.7 Å². The summed E-state index contributed by atoms with van der Waals surface area (Å²) in [6.45, 7) is 3.01.